The molecular formula is C10H10ClN3O. The Labute approximate surface area is 92.2 Å². The highest BCUT2D eigenvalue weighted by Crippen LogP contribution is 2.23. The summed E-state index contributed by atoms with van der Waals surface area (Å²) in [6, 6.07) is 7.55. The molecule has 0 unspecified atom stereocenters. The van der Waals surface area contributed by atoms with Gasteiger partial charge in [0.1, 0.15) is 11.6 Å². The van der Waals surface area contributed by atoms with Crippen molar-refractivity contribution >= 4 is 17.4 Å². The molecule has 1 heterocycles. The van der Waals surface area contributed by atoms with Crippen LogP contribution in [0.3, 0.4) is 0 Å². The molecular weight excluding hydrogens is 214 g/mol. The second-order valence-electron chi connectivity index (χ2n) is 3.12. The van der Waals surface area contributed by atoms with Gasteiger partial charge in [0.05, 0.1) is 6.20 Å². The fraction of sp³-hybridized carbons (Fsp3) is 0.100. The van der Waals surface area contributed by atoms with Gasteiger partial charge < -0.3 is 15.0 Å². The predicted octanol–water partition coefficient (Wildman–Crippen LogP) is 2.45. The molecule has 1 aromatic heterocycles. The van der Waals surface area contributed by atoms with E-state index in [1.54, 1.807) is 29.0 Å². The van der Waals surface area contributed by atoms with Gasteiger partial charge >= 0.3 is 6.01 Å². The van der Waals surface area contributed by atoms with E-state index >= 15 is 0 Å². The smallest absolute Gasteiger partial charge is 0.303 e. The first-order valence-corrected chi connectivity index (χ1v) is 4.75. The zero-order chi connectivity index (χ0) is 10.8. The molecule has 0 bridgehead atoms. The van der Waals surface area contributed by atoms with E-state index in [9.17, 15) is 0 Å². The van der Waals surface area contributed by atoms with Crippen molar-refractivity contribution in [1.82, 2.24) is 9.55 Å². The largest absolute Gasteiger partial charge is 0.425 e. The summed E-state index contributed by atoms with van der Waals surface area (Å²) in [5, 5.41) is 0.620. The summed E-state index contributed by atoms with van der Waals surface area (Å²) in [6.45, 7) is 0. The normalized spacial score (nSPS) is 10.3. The van der Waals surface area contributed by atoms with Crippen molar-refractivity contribution in [1.29, 1.82) is 0 Å². The third-order valence-electron chi connectivity index (χ3n) is 1.86. The molecule has 0 amide bonds. The molecule has 0 fully saturated rings. The maximum Gasteiger partial charge on any atom is 0.303 e. The van der Waals surface area contributed by atoms with E-state index in [0.29, 0.717) is 22.6 Å². The molecule has 5 heteroatoms. The summed E-state index contributed by atoms with van der Waals surface area (Å²) in [6.07, 6.45) is 1.68. The van der Waals surface area contributed by atoms with Gasteiger partial charge in [0.25, 0.3) is 0 Å². The third kappa shape index (κ3) is 2.22. The highest BCUT2D eigenvalue weighted by atomic mass is 35.5. The van der Waals surface area contributed by atoms with Crippen LogP contribution in [-0.2, 0) is 7.05 Å². The highest BCUT2D eigenvalue weighted by molar-refractivity contribution is 6.30. The van der Waals surface area contributed by atoms with Gasteiger partial charge in [0, 0.05) is 12.1 Å². The number of benzene rings is 1. The second kappa shape index (κ2) is 3.82. The van der Waals surface area contributed by atoms with Crippen LogP contribution < -0.4 is 10.5 Å². The van der Waals surface area contributed by atoms with E-state index in [1.807, 2.05) is 13.1 Å². The fourth-order valence-corrected chi connectivity index (χ4v) is 1.38. The van der Waals surface area contributed by atoms with Crippen LogP contribution in [0.4, 0.5) is 5.82 Å². The van der Waals surface area contributed by atoms with Gasteiger partial charge in [-0.1, -0.05) is 17.7 Å². The van der Waals surface area contributed by atoms with E-state index in [1.165, 1.54) is 0 Å². The Hall–Kier alpha value is -1.68. The number of rotatable bonds is 2. The summed E-state index contributed by atoms with van der Waals surface area (Å²) in [4.78, 5) is 4.01. The number of anilines is 1. The van der Waals surface area contributed by atoms with E-state index < -0.39 is 0 Å². The highest BCUT2D eigenvalue weighted by Gasteiger charge is 2.05. The molecule has 0 saturated heterocycles. The topological polar surface area (TPSA) is 53.1 Å². The van der Waals surface area contributed by atoms with Gasteiger partial charge in [0.15, 0.2) is 0 Å². The molecule has 0 aliphatic heterocycles. The number of ether oxygens (including phenoxy) is 1. The van der Waals surface area contributed by atoms with Gasteiger partial charge in [-0.25, -0.2) is 0 Å². The molecule has 0 aliphatic carbocycles. The number of hydrogen-bond donors (Lipinski definition) is 1. The minimum absolute atomic E-state index is 0.425. The predicted molar refractivity (Wildman–Crippen MR) is 59.1 cm³/mol. The quantitative estimate of drug-likeness (QED) is 0.851. The summed E-state index contributed by atoms with van der Waals surface area (Å²) in [5.41, 5.74) is 5.52. The van der Waals surface area contributed by atoms with Crippen molar-refractivity contribution < 1.29 is 4.74 Å². The lowest BCUT2D eigenvalue weighted by molar-refractivity contribution is 0.425. The Bertz CT molecular complexity index is 481. The van der Waals surface area contributed by atoms with Crippen LogP contribution >= 0.6 is 11.6 Å². The summed E-state index contributed by atoms with van der Waals surface area (Å²) < 4.78 is 7.20. The molecule has 2 rings (SSSR count). The first kappa shape index (κ1) is 9.86. The number of aryl methyl sites for hydroxylation is 1. The van der Waals surface area contributed by atoms with E-state index in [4.69, 9.17) is 22.1 Å². The monoisotopic (exact) mass is 223 g/mol. The van der Waals surface area contributed by atoms with Gasteiger partial charge in [-0.05, 0) is 18.2 Å². The number of nitrogen functional groups attached to an aromatic ring is 1. The number of hydrogen-bond acceptors (Lipinski definition) is 3. The van der Waals surface area contributed by atoms with Gasteiger partial charge in [-0.2, -0.15) is 4.98 Å². The molecule has 0 aliphatic rings. The molecule has 0 atom stereocenters. The maximum atomic E-state index is 5.82. The standard InChI is InChI=1S/C10H10ClN3O/c1-14-6-9(12)13-10(14)15-8-4-2-3-7(11)5-8/h2-6H,12H2,1H3. The van der Waals surface area contributed by atoms with Crippen LogP contribution in [0.15, 0.2) is 30.5 Å². The lowest BCUT2D eigenvalue weighted by Crippen LogP contribution is -1.93. The van der Waals surface area contributed by atoms with Crippen molar-refractivity contribution in [2.24, 2.45) is 7.05 Å². The van der Waals surface area contributed by atoms with Crippen molar-refractivity contribution in [2.45, 2.75) is 0 Å². The first-order valence-electron chi connectivity index (χ1n) is 4.37. The summed E-state index contributed by atoms with van der Waals surface area (Å²) in [7, 11) is 1.81. The fourth-order valence-electron chi connectivity index (χ4n) is 1.20. The van der Waals surface area contributed by atoms with Crippen molar-refractivity contribution in [3.8, 4) is 11.8 Å². The molecule has 2 aromatic rings. The summed E-state index contributed by atoms with van der Waals surface area (Å²) in [5.74, 6) is 1.06. The molecule has 0 saturated carbocycles. The zero-order valence-corrected chi connectivity index (χ0v) is 8.90. The lowest BCUT2D eigenvalue weighted by Gasteiger charge is -2.04. The second-order valence-corrected chi connectivity index (χ2v) is 3.56. The van der Waals surface area contributed by atoms with Crippen molar-refractivity contribution in [3.63, 3.8) is 0 Å². The van der Waals surface area contributed by atoms with Gasteiger partial charge in [0.2, 0.25) is 0 Å². The van der Waals surface area contributed by atoms with E-state index in [0.717, 1.165) is 0 Å². The van der Waals surface area contributed by atoms with Gasteiger partial charge in [-0.3, -0.25) is 0 Å². The van der Waals surface area contributed by atoms with Crippen LogP contribution in [0.2, 0.25) is 5.02 Å². The third-order valence-corrected chi connectivity index (χ3v) is 2.09. The minimum Gasteiger partial charge on any atom is -0.425 e. The van der Waals surface area contributed by atoms with Gasteiger partial charge in [-0.15, -0.1) is 0 Å². The Morgan fingerprint density at radius 2 is 2.27 bits per heavy atom. The van der Waals surface area contributed by atoms with Crippen LogP contribution in [-0.4, -0.2) is 9.55 Å². The molecule has 2 N–H and O–H groups in total. The van der Waals surface area contributed by atoms with Crippen LogP contribution in [0, 0.1) is 0 Å². The molecule has 0 radical (unpaired) electrons. The molecule has 0 spiro atoms. The average molecular weight is 224 g/mol. The molecule has 78 valence electrons. The number of nitrogens with zero attached hydrogens (tertiary/aromatic N) is 2. The van der Waals surface area contributed by atoms with Crippen molar-refractivity contribution in [3.05, 3.63) is 35.5 Å². The molecule has 1 aromatic carbocycles. The van der Waals surface area contributed by atoms with Crippen LogP contribution in [0.5, 0.6) is 11.8 Å². The molecule has 4 nitrogen and oxygen atoms in total. The Morgan fingerprint density at radius 3 is 2.87 bits per heavy atom. The average Bonchev–Trinajstić information content (AvgIpc) is 2.45. The molecule has 15 heavy (non-hydrogen) atoms. The number of halogens is 1. The minimum atomic E-state index is 0.425. The number of aromatic nitrogens is 2. The maximum absolute atomic E-state index is 5.82. The first-order chi connectivity index (χ1) is 7.15. The van der Waals surface area contributed by atoms with Crippen LogP contribution in [0.25, 0.3) is 0 Å². The Balaban J connectivity index is 2.25. The van der Waals surface area contributed by atoms with Crippen molar-refractivity contribution in [2.75, 3.05) is 5.73 Å². The van der Waals surface area contributed by atoms with E-state index in [2.05, 4.69) is 4.98 Å². The summed E-state index contributed by atoms with van der Waals surface area (Å²) >= 11 is 5.82. The Kier molecular flexibility index (Phi) is 2.51. The lowest BCUT2D eigenvalue weighted by atomic mass is 10.3. The van der Waals surface area contributed by atoms with Crippen LogP contribution in [0.1, 0.15) is 0 Å². The Morgan fingerprint density at radius 1 is 1.47 bits per heavy atom. The number of nitrogens with two attached hydrogens (primary N) is 1. The number of imidazole rings is 1. The SMILES string of the molecule is Cn1cc(N)nc1Oc1cccc(Cl)c1. The van der Waals surface area contributed by atoms with E-state index in [-0.39, 0.29) is 0 Å². The zero-order valence-electron chi connectivity index (χ0n) is 8.14.